The van der Waals surface area contributed by atoms with E-state index in [0.717, 1.165) is 19.1 Å². The van der Waals surface area contributed by atoms with Crippen LogP contribution in [-0.2, 0) is 38.0 Å². The number of hydrogen-bond acceptors (Lipinski definition) is 8. The molecule has 0 aromatic rings. The van der Waals surface area contributed by atoms with Gasteiger partial charge in [0.1, 0.15) is 31.4 Å². The molecule has 0 spiro atoms. The van der Waals surface area contributed by atoms with Crippen molar-refractivity contribution < 1.29 is 38.0 Å². The van der Waals surface area contributed by atoms with Crippen LogP contribution >= 0.6 is 22.6 Å². The minimum Gasteiger partial charge on any atom is -0.371 e. The SMILES string of the molecule is COCO[C@H]1C[C@H]([C@H]2OC(C)(C)O[C@H]2/C=C/CCC=O)O[C@H](C/C=C/[C@@H]2O[C@@H]3C[C@@H](O[C@@H]3/C=C/I)[C@H]2C)[C@@H]1C. The number of aldehydes is 1. The highest BCUT2D eigenvalue weighted by molar-refractivity contribution is 14.1. The Morgan fingerprint density at radius 2 is 1.64 bits per heavy atom. The van der Waals surface area contributed by atoms with E-state index in [1.165, 1.54) is 0 Å². The summed E-state index contributed by atoms with van der Waals surface area (Å²) in [5.41, 5.74) is 0. The van der Waals surface area contributed by atoms with Gasteiger partial charge in [-0.3, -0.25) is 0 Å². The van der Waals surface area contributed by atoms with E-state index in [-0.39, 0.29) is 67.6 Å². The first kappa shape index (κ1) is 31.3. The van der Waals surface area contributed by atoms with Gasteiger partial charge in [-0.1, -0.05) is 60.7 Å². The Bertz CT molecular complexity index is 875. The van der Waals surface area contributed by atoms with Crippen LogP contribution in [0.15, 0.2) is 34.5 Å². The van der Waals surface area contributed by atoms with Gasteiger partial charge in [-0.2, -0.15) is 0 Å². The number of fused-ring (bicyclic) bond motifs is 2. The van der Waals surface area contributed by atoms with Gasteiger partial charge in [-0.05, 0) is 36.8 Å². The molecule has 2 bridgehead atoms. The molecule has 0 aliphatic carbocycles. The molecule has 0 aromatic heterocycles. The Balaban J connectivity index is 1.44. The quantitative estimate of drug-likeness (QED) is 0.0921. The molecule has 4 fully saturated rings. The van der Waals surface area contributed by atoms with E-state index in [1.807, 2.05) is 30.1 Å². The second kappa shape index (κ2) is 14.5. The number of carbonyl (C=O) groups excluding carboxylic acids is 1. The van der Waals surface area contributed by atoms with Crippen molar-refractivity contribution in [1.82, 2.24) is 0 Å². The Morgan fingerprint density at radius 3 is 2.38 bits per heavy atom. The smallest absolute Gasteiger partial charge is 0.164 e. The molecule has 0 amide bonds. The van der Waals surface area contributed by atoms with Gasteiger partial charge in [0.2, 0.25) is 0 Å². The number of rotatable bonds is 12. The third-order valence-corrected chi connectivity index (χ3v) is 8.67. The Morgan fingerprint density at radius 1 is 0.872 bits per heavy atom. The topological polar surface area (TPSA) is 81.7 Å². The van der Waals surface area contributed by atoms with Gasteiger partial charge in [0.05, 0.1) is 36.6 Å². The van der Waals surface area contributed by atoms with Gasteiger partial charge in [0, 0.05) is 38.2 Å². The van der Waals surface area contributed by atoms with E-state index in [9.17, 15) is 4.79 Å². The van der Waals surface area contributed by atoms with Crippen molar-refractivity contribution in [3.8, 4) is 0 Å². The van der Waals surface area contributed by atoms with Crippen molar-refractivity contribution in [3.05, 3.63) is 34.5 Å². The molecular formula is C30H45IO8. The largest absolute Gasteiger partial charge is 0.371 e. The van der Waals surface area contributed by atoms with Crippen LogP contribution in [0.25, 0.3) is 0 Å². The fraction of sp³-hybridized carbons (Fsp3) is 0.767. The number of methoxy groups -OCH3 is 1. The fourth-order valence-corrected chi connectivity index (χ4v) is 6.53. The maximum atomic E-state index is 10.7. The van der Waals surface area contributed by atoms with E-state index in [1.54, 1.807) is 7.11 Å². The van der Waals surface area contributed by atoms with E-state index in [4.69, 9.17) is 33.2 Å². The lowest BCUT2D eigenvalue weighted by Crippen LogP contribution is -2.50. The van der Waals surface area contributed by atoms with Crippen LogP contribution in [0.5, 0.6) is 0 Å². The summed E-state index contributed by atoms with van der Waals surface area (Å²) in [6.07, 6.45) is 14.4. The molecule has 0 aromatic carbocycles. The molecular weight excluding hydrogens is 615 g/mol. The van der Waals surface area contributed by atoms with Crippen molar-refractivity contribution in [2.45, 2.75) is 121 Å². The zero-order valence-electron chi connectivity index (χ0n) is 23.8. The molecule has 0 saturated carbocycles. The molecule has 11 atom stereocenters. The lowest BCUT2D eigenvalue weighted by atomic mass is 9.85. The van der Waals surface area contributed by atoms with Gasteiger partial charge >= 0.3 is 0 Å². The molecule has 39 heavy (non-hydrogen) atoms. The van der Waals surface area contributed by atoms with Crippen LogP contribution in [0.1, 0.15) is 59.8 Å². The van der Waals surface area contributed by atoms with Crippen LogP contribution in [0.3, 0.4) is 0 Å². The van der Waals surface area contributed by atoms with Crippen molar-refractivity contribution in [2.24, 2.45) is 11.8 Å². The van der Waals surface area contributed by atoms with Gasteiger partial charge < -0.3 is 38.0 Å². The second-order valence-electron chi connectivity index (χ2n) is 11.5. The van der Waals surface area contributed by atoms with Crippen LogP contribution in [-0.4, -0.2) is 80.9 Å². The average Bonchev–Trinajstić information content (AvgIpc) is 3.41. The van der Waals surface area contributed by atoms with Crippen LogP contribution in [0.4, 0.5) is 0 Å². The number of unbranched alkanes of at least 4 members (excludes halogenated alkanes) is 1. The molecule has 8 nitrogen and oxygen atoms in total. The highest BCUT2D eigenvalue weighted by atomic mass is 127. The molecule has 0 radical (unpaired) electrons. The predicted octanol–water partition coefficient (Wildman–Crippen LogP) is 5.28. The molecule has 4 rings (SSSR count). The van der Waals surface area contributed by atoms with E-state index in [2.05, 4.69) is 54.7 Å². The highest BCUT2D eigenvalue weighted by Gasteiger charge is 2.49. The van der Waals surface area contributed by atoms with Crippen LogP contribution < -0.4 is 0 Å². The van der Waals surface area contributed by atoms with Gasteiger partial charge in [-0.25, -0.2) is 0 Å². The molecule has 4 aliphatic heterocycles. The number of allylic oxidation sites excluding steroid dienone is 1. The summed E-state index contributed by atoms with van der Waals surface area (Å²) in [4.78, 5) is 10.7. The van der Waals surface area contributed by atoms with E-state index in [0.29, 0.717) is 25.2 Å². The third kappa shape index (κ3) is 8.00. The summed E-state index contributed by atoms with van der Waals surface area (Å²) in [6, 6.07) is 0. The first-order chi connectivity index (χ1) is 18.8. The van der Waals surface area contributed by atoms with Crippen molar-refractivity contribution in [1.29, 1.82) is 0 Å². The number of ether oxygens (including phenoxy) is 7. The van der Waals surface area contributed by atoms with Crippen LogP contribution in [0.2, 0.25) is 0 Å². The summed E-state index contributed by atoms with van der Waals surface area (Å²) in [5, 5.41) is 0. The Hall–Kier alpha value is -0.660. The van der Waals surface area contributed by atoms with Crippen molar-refractivity contribution >= 4 is 28.9 Å². The van der Waals surface area contributed by atoms with Crippen molar-refractivity contribution in [3.63, 3.8) is 0 Å². The summed E-state index contributed by atoms with van der Waals surface area (Å²) in [7, 11) is 1.64. The van der Waals surface area contributed by atoms with Gasteiger partial charge in [0.25, 0.3) is 0 Å². The maximum Gasteiger partial charge on any atom is 0.164 e. The fourth-order valence-electron chi connectivity index (χ4n) is 6.12. The van der Waals surface area contributed by atoms with E-state index < -0.39 is 5.79 Å². The minimum atomic E-state index is -0.727. The number of carbonyl (C=O) groups is 1. The number of hydrogen-bond donors (Lipinski definition) is 0. The Labute approximate surface area is 246 Å². The zero-order valence-corrected chi connectivity index (χ0v) is 25.9. The molecule has 0 unspecified atom stereocenters. The highest BCUT2D eigenvalue weighted by Crippen LogP contribution is 2.40. The molecule has 4 saturated heterocycles. The summed E-state index contributed by atoms with van der Waals surface area (Å²) in [5.74, 6) is -0.270. The first-order valence-corrected chi connectivity index (χ1v) is 15.5. The summed E-state index contributed by atoms with van der Waals surface area (Å²) in [6.45, 7) is 8.46. The monoisotopic (exact) mass is 660 g/mol. The molecule has 220 valence electrons. The average molecular weight is 661 g/mol. The second-order valence-corrected chi connectivity index (χ2v) is 12.2. The lowest BCUT2D eigenvalue weighted by molar-refractivity contribution is -0.210. The zero-order chi connectivity index (χ0) is 28.0. The minimum absolute atomic E-state index is 0.0184. The first-order valence-electron chi connectivity index (χ1n) is 14.2. The lowest BCUT2D eigenvalue weighted by Gasteiger charge is -2.42. The summed E-state index contributed by atoms with van der Waals surface area (Å²) < 4.78 is 45.3. The standard InChI is InChI=1S/C30H45IO8/c1-19-21(11-9-12-22-20(2)26-17-27(35-22)23(37-26)13-14-31)36-28(16-25(19)34-18-33-5)29-24(10-7-6-8-15-32)38-30(3,4)39-29/h7,9-10,12-15,19-29H,6,8,11,16-18H2,1-5H3/b10-7+,12-9+,14-13+/t19-,20-,21+,22-,23+,24-,25-,26+,27+,28+,29-/m0/s1. The normalized spacial score (nSPS) is 42.3. The van der Waals surface area contributed by atoms with Gasteiger partial charge in [0.15, 0.2) is 5.79 Å². The molecule has 0 N–H and O–H groups in total. The van der Waals surface area contributed by atoms with Crippen LogP contribution in [0, 0.1) is 11.8 Å². The maximum absolute atomic E-state index is 10.7. The van der Waals surface area contributed by atoms with Crippen molar-refractivity contribution in [2.75, 3.05) is 13.9 Å². The Kier molecular flexibility index (Phi) is 11.6. The third-order valence-electron chi connectivity index (χ3n) is 8.25. The number of halogens is 1. The molecule has 9 heteroatoms. The molecule has 4 aliphatic rings. The summed E-state index contributed by atoms with van der Waals surface area (Å²) >= 11 is 2.23. The van der Waals surface area contributed by atoms with E-state index >= 15 is 0 Å². The van der Waals surface area contributed by atoms with Gasteiger partial charge in [-0.15, -0.1) is 0 Å². The molecule has 4 heterocycles. The predicted molar refractivity (Wildman–Crippen MR) is 155 cm³/mol.